The van der Waals surface area contributed by atoms with Gasteiger partial charge in [-0.15, -0.1) is 0 Å². The molecule has 2 N–H and O–H groups in total. The molecule has 15 heavy (non-hydrogen) atoms. The van der Waals surface area contributed by atoms with Gasteiger partial charge in [0.05, 0.1) is 11.2 Å². The number of hydrogen-bond acceptors (Lipinski definition) is 5. The minimum absolute atomic E-state index is 0.0492. The van der Waals surface area contributed by atoms with E-state index >= 15 is 0 Å². The molecule has 0 radical (unpaired) electrons. The lowest BCUT2D eigenvalue weighted by Crippen LogP contribution is -2.04. The van der Waals surface area contributed by atoms with Crippen molar-refractivity contribution in [3.05, 3.63) is 24.5 Å². The zero-order valence-electron chi connectivity index (χ0n) is 8.01. The molecule has 0 spiro atoms. The number of rotatable bonds is 1. The van der Waals surface area contributed by atoms with Gasteiger partial charge in [-0.05, 0) is 12.1 Å². The number of sulfone groups is 1. The third-order valence-electron chi connectivity index (χ3n) is 2.00. The lowest BCUT2D eigenvalue weighted by molar-refractivity contribution is 0.603. The Kier molecular flexibility index (Phi) is 2.08. The first-order valence-corrected chi connectivity index (χ1v) is 6.08. The fourth-order valence-corrected chi connectivity index (χ4v) is 2.42. The molecule has 0 saturated carbocycles. The van der Waals surface area contributed by atoms with E-state index in [2.05, 4.69) is 9.97 Å². The average molecular weight is 223 g/mol. The first-order valence-electron chi connectivity index (χ1n) is 4.19. The van der Waals surface area contributed by atoms with Gasteiger partial charge in [0, 0.05) is 18.6 Å². The third kappa shape index (κ3) is 1.63. The monoisotopic (exact) mass is 223 g/mol. The Bertz CT molecular complexity index is 622. The van der Waals surface area contributed by atoms with E-state index in [0.717, 1.165) is 6.26 Å². The van der Waals surface area contributed by atoms with Crippen molar-refractivity contribution in [2.45, 2.75) is 4.90 Å². The van der Waals surface area contributed by atoms with Gasteiger partial charge in [0.15, 0.2) is 9.84 Å². The molecule has 0 atom stereocenters. The van der Waals surface area contributed by atoms with Gasteiger partial charge < -0.3 is 5.73 Å². The second-order valence-electron chi connectivity index (χ2n) is 3.18. The molecule has 6 heteroatoms. The highest BCUT2D eigenvalue weighted by atomic mass is 32.2. The van der Waals surface area contributed by atoms with Gasteiger partial charge in [-0.25, -0.2) is 8.42 Å². The van der Waals surface area contributed by atoms with Gasteiger partial charge in [-0.3, -0.25) is 9.97 Å². The Balaban J connectivity index is 2.99. The Morgan fingerprint density at radius 2 is 1.87 bits per heavy atom. The smallest absolute Gasteiger partial charge is 0.179 e. The van der Waals surface area contributed by atoms with Gasteiger partial charge in [-0.1, -0.05) is 0 Å². The molecule has 1 heterocycles. The average Bonchev–Trinajstić information content (AvgIpc) is 2.15. The molecule has 5 nitrogen and oxygen atoms in total. The van der Waals surface area contributed by atoms with Crippen LogP contribution in [0.1, 0.15) is 0 Å². The summed E-state index contributed by atoms with van der Waals surface area (Å²) >= 11 is 0. The topological polar surface area (TPSA) is 85.9 Å². The summed E-state index contributed by atoms with van der Waals surface area (Å²) in [6.07, 6.45) is 4.05. The molecule has 0 bridgehead atoms. The van der Waals surface area contributed by atoms with Gasteiger partial charge in [0.1, 0.15) is 10.4 Å². The minimum Gasteiger partial charge on any atom is -0.398 e. The number of nitrogens with two attached hydrogens (primary N) is 1. The lowest BCUT2D eigenvalue weighted by Gasteiger charge is -2.05. The number of anilines is 1. The van der Waals surface area contributed by atoms with Gasteiger partial charge in [0.2, 0.25) is 0 Å². The quantitative estimate of drug-likeness (QED) is 0.716. The predicted molar refractivity (Wildman–Crippen MR) is 57.1 cm³/mol. The molecule has 2 rings (SSSR count). The van der Waals surface area contributed by atoms with E-state index in [0.29, 0.717) is 11.0 Å². The molecule has 0 amide bonds. The van der Waals surface area contributed by atoms with Crippen LogP contribution in [0.3, 0.4) is 0 Å². The zero-order chi connectivity index (χ0) is 11.1. The Labute approximate surface area is 86.9 Å². The summed E-state index contributed by atoms with van der Waals surface area (Å²) in [5, 5.41) is 0. The summed E-state index contributed by atoms with van der Waals surface area (Å²) in [4.78, 5) is 8.05. The number of nitrogen functional groups attached to an aromatic ring is 1. The summed E-state index contributed by atoms with van der Waals surface area (Å²) < 4.78 is 23.0. The number of hydrogen-bond donors (Lipinski definition) is 1. The summed E-state index contributed by atoms with van der Waals surface area (Å²) in [5.74, 6) is 0. The Morgan fingerprint density at radius 1 is 1.20 bits per heavy atom. The molecule has 0 aliphatic carbocycles. The SMILES string of the molecule is CS(=O)(=O)c1c(N)ccc2nccnc12. The maximum absolute atomic E-state index is 11.5. The number of fused-ring (bicyclic) bond motifs is 1. The van der Waals surface area contributed by atoms with Crippen molar-refractivity contribution in [3.63, 3.8) is 0 Å². The van der Waals surface area contributed by atoms with E-state index in [1.807, 2.05) is 0 Å². The minimum atomic E-state index is -3.39. The van der Waals surface area contributed by atoms with Crippen LogP contribution >= 0.6 is 0 Å². The molecule has 0 unspecified atom stereocenters. The summed E-state index contributed by atoms with van der Waals surface area (Å²) in [6.45, 7) is 0. The maximum Gasteiger partial charge on any atom is 0.179 e. The summed E-state index contributed by atoms with van der Waals surface area (Å²) in [5.41, 5.74) is 6.67. The Morgan fingerprint density at radius 3 is 2.53 bits per heavy atom. The fraction of sp³-hybridized carbons (Fsp3) is 0.111. The first-order chi connectivity index (χ1) is 7.00. The molecular formula is C9H9N3O2S. The number of nitrogens with zero attached hydrogens (tertiary/aromatic N) is 2. The fourth-order valence-electron chi connectivity index (χ4n) is 1.42. The van der Waals surface area contributed by atoms with E-state index in [1.165, 1.54) is 18.5 Å². The second-order valence-corrected chi connectivity index (χ2v) is 5.13. The van der Waals surface area contributed by atoms with Crippen LogP contribution in [0.15, 0.2) is 29.4 Å². The van der Waals surface area contributed by atoms with Crippen LogP contribution in [0, 0.1) is 0 Å². The normalized spacial score (nSPS) is 11.8. The molecule has 0 fully saturated rings. The molecule has 0 aliphatic rings. The van der Waals surface area contributed by atoms with Crippen molar-refractivity contribution in [3.8, 4) is 0 Å². The van der Waals surface area contributed by atoms with E-state index in [9.17, 15) is 8.42 Å². The van der Waals surface area contributed by atoms with Crippen molar-refractivity contribution in [1.82, 2.24) is 9.97 Å². The highest BCUT2D eigenvalue weighted by molar-refractivity contribution is 7.91. The van der Waals surface area contributed by atoms with Crippen LogP contribution in [0.4, 0.5) is 5.69 Å². The van der Waals surface area contributed by atoms with Crippen molar-refractivity contribution in [1.29, 1.82) is 0 Å². The van der Waals surface area contributed by atoms with Crippen molar-refractivity contribution in [2.75, 3.05) is 12.0 Å². The first kappa shape index (κ1) is 9.85. The summed E-state index contributed by atoms with van der Waals surface area (Å²) in [6, 6.07) is 3.17. The van der Waals surface area contributed by atoms with Crippen LogP contribution in [0.5, 0.6) is 0 Å². The van der Waals surface area contributed by atoms with Crippen LogP contribution in [-0.2, 0) is 9.84 Å². The van der Waals surface area contributed by atoms with E-state index in [-0.39, 0.29) is 10.6 Å². The highest BCUT2D eigenvalue weighted by Gasteiger charge is 2.16. The second kappa shape index (κ2) is 3.16. The molecule has 0 saturated heterocycles. The molecule has 2 aromatic rings. The lowest BCUT2D eigenvalue weighted by atomic mass is 10.2. The van der Waals surface area contributed by atoms with Gasteiger partial charge in [0.25, 0.3) is 0 Å². The van der Waals surface area contributed by atoms with Crippen LogP contribution in [0.25, 0.3) is 11.0 Å². The van der Waals surface area contributed by atoms with Crippen molar-refractivity contribution in [2.24, 2.45) is 0 Å². The zero-order valence-corrected chi connectivity index (χ0v) is 8.82. The highest BCUT2D eigenvalue weighted by Crippen LogP contribution is 2.25. The Hall–Kier alpha value is -1.69. The molecule has 78 valence electrons. The molecule has 1 aromatic heterocycles. The van der Waals surface area contributed by atoms with Crippen LogP contribution < -0.4 is 5.73 Å². The van der Waals surface area contributed by atoms with E-state index in [1.54, 1.807) is 6.07 Å². The molecule has 0 aliphatic heterocycles. The van der Waals surface area contributed by atoms with Crippen LogP contribution in [-0.4, -0.2) is 24.6 Å². The van der Waals surface area contributed by atoms with Crippen molar-refractivity contribution >= 4 is 26.6 Å². The van der Waals surface area contributed by atoms with E-state index in [4.69, 9.17) is 5.73 Å². The number of aromatic nitrogens is 2. The van der Waals surface area contributed by atoms with E-state index < -0.39 is 9.84 Å². The van der Waals surface area contributed by atoms with Gasteiger partial charge in [-0.2, -0.15) is 0 Å². The third-order valence-corrected chi connectivity index (χ3v) is 3.17. The number of benzene rings is 1. The van der Waals surface area contributed by atoms with Crippen LogP contribution in [0.2, 0.25) is 0 Å². The van der Waals surface area contributed by atoms with Gasteiger partial charge >= 0.3 is 0 Å². The maximum atomic E-state index is 11.5. The predicted octanol–water partition coefficient (Wildman–Crippen LogP) is 0.615. The standard InChI is InChI=1S/C9H9N3O2S/c1-15(13,14)9-6(10)2-3-7-8(9)12-5-4-11-7/h2-5H,10H2,1H3. The molecule has 1 aromatic carbocycles. The summed E-state index contributed by atoms with van der Waals surface area (Å²) in [7, 11) is -3.39. The molecular weight excluding hydrogens is 214 g/mol. The largest absolute Gasteiger partial charge is 0.398 e. The van der Waals surface area contributed by atoms with Crippen molar-refractivity contribution < 1.29 is 8.42 Å².